The van der Waals surface area contributed by atoms with Gasteiger partial charge in [0.15, 0.2) is 5.69 Å². The second-order valence-corrected chi connectivity index (χ2v) is 7.29. The summed E-state index contributed by atoms with van der Waals surface area (Å²) in [5.41, 5.74) is -3.61. The van der Waals surface area contributed by atoms with Gasteiger partial charge in [-0.1, -0.05) is 6.07 Å². The molecule has 8 nitrogen and oxygen atoms in total. The third-order valence-electron chi connectivity index (χ3n) is 4.94. The van der Waals surface area contributed by atoms with E-state index in [9.17, 15) is 31.5 Å². The third kappa shape index (κ3) is 4.39. The van der Waals surface area contributed by atoms with Crippen molar-refractivity contribution in [3.8, 4) is 17.6 Å². The summed E-state index contributed by atoms with van der Waals surface area (Å²) in [7, 11) is 0. The predicted octanol–water partition coefficient (Wildman–Crippen LogP) is 3.62. The minimum Gasteiger partial charge on any atom is -0.449 e. The Bertz CT molecular complexity index is 1420. The highest BCUT2D eigenvalue weighted by Crippen LogP contribution is 2.46. The molecule has 0 saturated heterocycles. The van der Waals surface area contributed by atoms with E-state index in [1.807, 2.05) is 6.07 Å². The van der Waals surface area contributed by atoms with Crippen LogP contribution in [0.5, 0.6) is 11.5 Å². The van der Waals surface area contributed by atoms with Gasteiger partial charge >= 0.3 is 12.1 Å². The van der Waals surface area contributed by atoms with Gasteiger partial charge in [-0.25, -0.2) is 9.97 Å². The number of H-pyrrole nitrogens is 1. The number of nitrogens with one attached hydrogen (secondary N) is 1. The Morgan fingerprint density at radius 2 is 1.82 bits per heavy atom. The Kier molecular flexibility index (Phi) is 6.28. The maximum Gasteiger partial charge on any atom is 0.459 e. The summed E-state index contributed by atoms with van der Waals surface area (Å²) < 4.78 is 73.7. The molecule has 3 aromatic rings. The Labute approximate surface area is 188 Å². The zero-order valence-corrected chi connectivity index (χ0v) is 17.9. The maximum absolute atomic E-state index is 14.3. The fourth-order valence-corrected chi connectivity index (χ4v) is 3.10. The molecule has 0 bridgehead atoms. The van der Waals surface area contributed by atoms with Crippen molar-refractivity contribution in [3.63, 3.8) is 0 Å². The first kappa shape index (κ1) is 24.6. The van der Waals surface area contributed by atoms with Crippen molar-refractivity contribution in [2.75, 3.05) is 0 Å². The van der Waals surface area contributed by atoms with Gasteiger partial charge in [0.05, 0.1) is 30.1 Å². The van der Waals surface area contributed by atoms with E-state index in [1.54, 1.807) is 0 Å². The lowest BCUT2D eigenvalue weighted by Gasteiger charge is -2.22. The zero-order valence-electron chi connectivity index (χ0n) is 17.9. The normalized spacial score (nSPS) is 11.9. The third-order valence-corrected chi connectivity index (χ3v) is 4.94. The smallest absolute Gasteiger partial charge is 0.449 e. The van der Waals surface area contributed by atoms with Gasteiger partial charge in [0, 0.05) is 11.3 Å². The van der Waals surface area contributed by atoms with Crippen molar-refractivity contribution in [1.29, 1.82) is 5.26 Å². The largest absolute Gasteiger partial charge is 0.459 e. The van der Waals surface area contributed by atoms with Crippen molar-refractivity contribution in [1.82, 2.24) is 19.5 Å². The van der Waals surface area contributed by atoms with Crippen LogP contribution in [-0.2, 0) is 12.5 Å². The van der Waals surface area contributed by atoms with Gasteiger partial charge in [-0.15, -0.1) is 0 Å². The van der Waals surface area contributed by atoms with Crippen LogP contribution in [0.4, 0.5) is 22.0 Å². The summed E-state index contributed by atoms with van der Waals surface area (Å²) in [5, 5.41) is 9.14. The van der Waals surface area contributed by atoms with E-state index in [2.05, 4.69) is 15.0 Å². The summed E-state index contributed by atoms with van der Waals surface area (Å²) in [5.74, 6) is -6.92. The number of halogens is 5. The van der Waals surface area contributed by atoms with Gasteiger partial charge in [-0.05, 0) is 32.9 Å². The highest BCUT2D eigenvalue weighted by atomic mass is 19.4. The van der Waals surface area contributed by atoms with Crippen LogP contribution in [0.25, 0.3) is 0 Å². The standard InChI is InChI=1S/C21H16F5N5O3/c1-10-13(7-27)5-4-6-15(10)34-16-17(20(22,23)21(24,25)26)28-9-31(19(16)33)8-14-11(2)29-12(3)30-18(14)32/h4-6,9H,8H2,1-3H3,(H,29,30,32). The molecule has 0 amide bonds. The molecular weight excluding hydrogens is 465 g/mol. The monoisotopic (exact) mass is 481 g/mol. The van der Waals surface area contributed by atoms with Crippen molar-refractivity contribution in [2.24, 2.45) is 0 Å². The predicted molar refractivity (Wildman–Crippen MR) is 108 cm³/mol. The number of hydrogen-bond acceptors (Lipinski definition) is 6. The average molecular weight is 481 g/mol. The molecule has 1 aromatic carbocycles. The number of nitrogens with zero attached hydrogens (tertiary/aromatic N) is 4. The average Bonchev–Trinajstić information content (AvgIpc) is 2.73. The number of rotatable bonds is 5. The van der Waals surface area contributed by atoms with Gasteiger partial charge in [-0.2, -0.15) is 27.2 Å². The second-order valence-electron chi connectivity index (χ2n) is 7.29. The van der Waals surface area contributed by atoms with Gasteiger partial charge in [0.25, 0.3) is 11.1 Å². The van der Waals surface area contributed by atoms with E-state index in [4.69, 9.17) is 10.00 Å². The molecule has 13 heteroatoms. The van der Waals surface area contributed by atoms with E-state index in [0.29, 0.717) is 10.9 Å². The molecule has 0 atom stereocenters. The first-order valence-corrected chi connectivity index (χ1v) is 9.56. The lowest BCUT2D eigenvalue weighted by Crippen LogP contribution is -2.38. The lowest BCUT2D eigenvalue weighted by molar-refractivity contribution is -0.291. The zero-order chi connectivity index (χ0) is 25.4. The molecule has 2 aromatic heterocycles. The van der Waals surface area contributed by atoms with Crippen LogP contribution >= 0.6 is 0 Å². The van der Waals surface area contributed by atoms with Crippen LogP contribution in [-0.4, -0.2) is 25.7 Å². The fourth-order valence-electron chi connectivity index (χ4n) is 3.10. The minimum absolute atomic E-state index is 0.0292. The highest BCUT2D eigenvalue weighted by molar-refractivity contribution is 5.48. The van der Waals surface area contributed by atoms with Crippen LogP contribution < -0.4 is 15.9 Å². The quantitative estimate of drug-likeness (QED) is 0.557. The minimum atomic E-state index is -6.07. The molecular formula is C21H16F5N5O3. The van der Waals surface area contributed by atoms with Crippen molar-refractivity contribution in [3.05, 3.63) is 79.1 Å². The van der Waals surface area contributed by atoms with Crippen LogP contribution in [0.15, 0.2) is 34.1 Å². The molecule has 0 aliphatic carbocycles. The number of aryl methyl sites for hydroxylation is 2. The Balaban J connectivity index is 2.23. The van der Waals surface area contributed by atoms with Crippen molar-refractivity contribution in [2.45, 2.75) is 39.4 Å². The van der Waals surface area contributed by atoms with E-state index < -0.39 is 41.2 Å². The van der Waals surface area contributed by atoms with Crippen LogP contribution in [0, 0.1) is 32.1 Å². The number of nitriles is 1. The Morgan fingerprint density at radius 3 is 2.41 bits per heavy atom. The summed E-state index contributed by atoms with van der Waals surface area (Å²) in [6.07, 6.45) is -5.60. The first-order chi connectivity index (χ1) is 15.8. The number of ether oxygens (including phenoxy) is 1. The molecule has 34 heavy (non-hydrogen) atoms. The molecule has 1 N–H and O–H groups in total. The molecule has 3 rings (SSSR count). The number of aromatic amines is 1. The second kappa shape index (κ2) is 8.69. The summed E-state index contributed by atoms with van der Waals surface area (Å²) in [6, 6.07) is 5.68. The molecule has 2 heterocycles. The highest BCUT2D eigenvalue weighted by Gasteiger charge is 2.62. The Morgan fingerprint density at radius 1 is 1.15 bits per heavy atom. The van der Waals surface area contributed by atoms with E-state index >= 15 is 0 Å². The van der Waals surface area contributed by atoms with Gasteiger partial charge in [0.1, 0.15) is 11.6 Å². The van der Waals surface area contributed by atoms with Crippen molar-refractivity contribution >= 4 is 0 Å². The van der Waals surface area contributed by atoms with Gasteiger partial charge in [0.2, 0.25) is 5.75 Å². The number of alkyl halides is 5. The number of hydrogen-bond donors (Lipinski definition) is 1. The first-order valence-electron chi connectivity index (χ1n) is 9.56. The van der Waals surface area contributed by atoms with Gasteiger partial charge in [-0.3, -0.25) is 14.2 Å². The van der Waals surface area contributed by atoms with Crippen LogP contribution in [0.2, 0.25) is 0 Å². The molecule has 0 fully saturated rings. The SMILES string of the molecule is Cc1nc(C)c(Cn2cnc(C(F)(F)C(F)(F)F)c(Oc3cccc(C#N)c3C)c2=O)c(=O)[nH]1. The molecule has 178 valence electrons. The van der Waals surface area contributed by atoms with E-state index in [0.717, 1.165) is 0 Å². The molecule has 0 aliphatic rings. The molecule has 0 spiro atoms. The van der Waals surface area contributed by atoms with Crippen LogP contribution in [0.3, 0.4) is 0 Å². The maximum atomic E-state index is 14.3. The van der Waals surface area contributed by atoms with E-state index in [1.165, 1.54) is 39.0 Å². The Hall–Kier alpha value is -4.08. The molecule has 0 radical (unpaired) electrons. The molecule has 0 unspecified atom stereocenters. The molecule has 0 saturated carbocycles. The van der Waals surface area contributed by atoms with Crippen molar-refractivity contribution < 1.29 is 26.7 Å². The topological polar surface area (TPSA) is 114 Å². The van der Waals surface area contributed by atoms with E-state index in [-0.39, 0.29) is 34.0 Å². The molecule has 0 aliphatic heterocycles. The van der Waals surface area contributed by atoms with Gasteiger partial charge < -0.3 is 9.72 Å². The number of benzene rings is 1. The number of aromatic nitrogens is 4. The van der Waals surface area contributed by atoms with Crippen LogP contribution in [0.1, 0.15) is 33.9 Å². The summed E-state index contributed by atoms with van der Waals surface area (Å²) in [4.78, 5) is 34.9. The fraction of sp³-hybridized carbons (Fsp3) is 0.286. The summed E-state index contributed by atoms with van der Waals surface area (Å²) in [6.45, 7) is 3.83. The summed E-state index contributed by atoms with van der Waals surface area (Å²) >= 11 is 0. The lowest BCUT2D eigenvalue weighted by atomic mass is 10.1.